The van der Waals surface area contributed by atoms with Crippen molar-refractivity contribution in [2.24, 2.45) is 0 Å². The van der Waals surface area contributed by atoms with Gasteiger partial charge >= 0.3 is 0 Å². The molecule has 1 aliphatic rings. The van der Waals surface area contributed by atoms with E-state index in [9.17, 15) is 4.79 Å². The van der Waals surface area contributed by atoms with E-state index in [-0.39, 0.29) is 5.91 Å². The summed E-state index contributed by atoms with van der Waals surface area (Å²) in [5.74, 6) is 0.0736. The molecule has 4 nitrogen and oxygen atoms in total. The number of hydrogen-bond acceptors (Lipinski definition) is 3. The predicted octanol–water partition coefficient (Wildman–Crippen LogP) is 2.24. The van der Waals surface area contributed by atoms with Crippen LogP contribution in [0.25, 0.3) is 11.0 Å². The van der Waals surface area contributed by atoms with Gasteiger partial charge in [-0.15, -0.1) is 0 Å². The third kappa shape index (κ3) is 2.10. The molecule has 2 heterocycles. The van der Waals surface area contributed by atoms with E-state index in [1.165, 1.54) is 0 Å². The minimum absolute atomic E-state index is 0.0736. The Hall–Kier alpha value is -1.49. The molecule has 1 aliphatic heterocycles. The van der Waals surface area contributed by atoms with Crippen LogP contribution in [0, 0.1) is 0 Å². The van der Waals surface area contributed by atoms with E-state index in [0.29, 0.717) is 10.4 Å². The van der Waals surface area contributed by atoms with Crippen LogP contribution >= 0.6 is 15.9 Å². The van der Waals surface area contributed by atoms with Gasteiger partial charge in [0.1, 0.15) is 0 Å². The highest BCUT2D eigenvalue weighted by Gasteiger charge is 2.25. The largest absolute Gasteiger partial charge is 0.337 e. The summed E-state index contributed by atoms with van der Waals surface area (Å²) in [5.41, 5.74) is 2.26. The minimum Gasteiger partial charge on any atom is -0.337 e. The maximum Gasteiger partial charge on any atom is 0.253 e. The molecule has 0 aliphatic carbocycles. The fraction of sp³-hybridized carbons (Fsp3) is 0.308. The Bertz CT molecular complexity index is 602. The average Bonchev–Trinajstić information content (AvgIpc) is 2.84. The molecule has 1 aromatic carbocycles. The van der Waals surface area contributed by atoms with E-state index in [1.807, 2.05) is 23.1 Å². The van der Waals surface area contributed by atoms with Gasteiger partial charge in [-0.1, -0.05) is 15.9 Å². The van der Waals surface area contributed by atoms with Crippen molar-refractivity contribution in [3.05, 3.63) is 36.2 Å². The molecule has 5 heteroatoms. The fourth-order valence-corrected chi connectivity index (χ4v) is 2.74. The third-order valence-electron chi connectivity index (χ3n) is 3.13. The Morgan fingerprint density at radius 1 is 1.28 bits per heavy atom. The zero-order valence-corrected chi connectivity index (χ0v) is 11.3. The van der Waals surface area contributed by atoms with Crippen molar-refractivity contribution < 1.29 is 4.79 Å². The standard InChI is InChI=1S/C13H12BrN3O/c14-10-3-6-17(8-10)13(18)9-1-2-11-12(7-9)16-5-4-15-11/h1-2,4-5,7,10H,3,6,8H2. The van der Waals surface area contributed by atoms with Crippen LogP contribution in [-0.4, -0.2) is 38.7 Å². The molecule has 92 valence electrons. The summed E-state index contributed by atoms with van der Waals surface area (Å²) in [7, 11) is 0. The Labute approximate surface area is 113 Å². The molecule has 0 spiro atoms. The zero-order chi connectivity index (χ0) is 12.5. The van der Waals surface area contributed by atoms with Crippen LogP contribution in [0.5, 0.6) is 0 Å². The normalized spacial score (nSPS) is 19.4. The lowest BCUT2D eigenvalue weighted by atomic mass is 10.1. The first-order valence-electron chi connectivity index (χ1n) is 5.88. The zero-order valence-electron chi connectivity index (χ0n) is 9.71. The number of carbonyl (C=O) groups excluding carboxylic acids is 1. The van der Waals surface area contributed by atoms with Gasteiger partial charge in [-0.2, -0.15) is 0 Å². The number of likely N-dealkylation sites (tertiary alicyclic amines) is 1. The van der Waals surface area contributed by atoms with Crippen molar-refractivity contribution in [2.75, 3.05) is 13.1 Å². The van der Waals surface area contributed by atoms with E-state index >= 15 is 0 Å². The molecule has 1 saturated heterocycles. The van der Waals surface area contributed by atoms with Gasteiger partial charge in [-0.3, -0.25) is 14.8 Å². The molecule has 1 amide bonds. The molecule has 1 aromatic heterocycles. The molecule has 1 fully saturated rings. The van der Waals surface area contributed by atoms with E-state index in [4.69, 9.17) is 0 Å². The molecular weight excluding hydrogens is 294 g/mol. The number of halogens is 1. The molecule has 1 atom stereocenters. The van der Waals surface area contributed by atoms with E-state index in [0.717, 1.165) is 30.5 Å². The van der Waals surface area contributed by atoms with Crippen LogP contribution in [0.2, 0.25) is 0 Å². The Morgan fingerprint density at radius 3 is 2.78 bits per heavy atom. The summed E-state index contributed by atoms with van der Waals surface area (Å²) < 4.78 is 0. The Kier molecular flexibility index (Phi) is 2.99. The van der Waals surface area contributed by atoms with Gasteiger partial charge in [0.05, 0.1) is 11.0 Å². The second-order valence-electron chi connectivity index (χ2n) is 4.40. The van der Waals surface area contributed by atoms with Crippen LogP contribution < -0.4 is 0 Å². The van der Waals surface area contributed by atoms with E-state index in [1.54, 1.807) is 12.4 Å². The van der Waals surface area contributed by atoms with Crippen LogP contribution in [-0.2, 0) is 0 Å². The second kappa shape index (κ2) is 4.65. The Balaban J connectivity index is 1.92. The topological polar surface area (TPSA) is 46.1 Å². The highest BCUT2D eigenvalue weighted by Crippen LogP contribution is 2.20. The summed E-state index contributed by atoms with van der Waals surface area (Å²) >= 11 is 3.54. The van der Waals surface area contributed by atoms with Crippen molar-refractivity contribution >= 4 is 32.9 Å². The van der Waals surface area contributed by atoms with Gasteiger partial charge in [-0.25, -0.2) is 0 Å². The molecule has 1 unspecified atom stereocenters. The first-order chi connectivity index (χ1) is 8.74. The summed E-state index contributed by atoms with van der Waals surface area (Å²) in [4.78, 5) is 23.0. The smallest absolute Gasteiger partial charge is 0.253 e. The number of rotatable bonds is 1. The Morgan fingerprint density at radius 2 is 2.06 bits per heavy atom. The molecule has 0 bridgehead atoms. The van der Waals surface area contributed by atoms with Gasteiger partial charge in [0.25, 0.3) is 5.91 Å². The minimum atomic E-state index is 0.0736. The fourth-order valence-electron chi connectivity index (χ4n) is 2.18. The highest BCUT2D eigenvalue weighted by atomic mass is 79.9. The number of benzene rings is 1. The maximum atomic E-state index is 12.3. The van der Waals surface area contributed by atoms with Crippen molar-refractivity contribution in [3.8, 4) is 0 Å². The van der Waals surface area contributed by atoms with Crippen LogP contribution in [0.1, 0.15) is 16.8 Å². The number of aromatic nitrogens is 2. The lowest BCUT2D eigenvalue weighted by Crippen LogP contribution is -2.28. The number of hydrogen-bond donors (Lipinski definition) is 0. The van der Waals surface area contributed by atoms with Gasteiger partial charge < -0.3 is 4.90 Å². The summed E-state index contributed by atoms with van der Waals surface area (Å²) in [6, 6.07) is 5.48. The first-order valence-corrected chi connectivity index (χ1v) is 6.80. The van der Waals surface area contributed by atoms with E-state index < -0.39 is 0 Å². The third-order valence-corrected chi connectivity index (χ3v) is 3.88. The van der Waals surface area contributed by atoms with Gasteiger partial charge in [-0.05, 0) is 24.6 Å². The monoisotopic (exact) mass is 305 g/mol. The van der Waals surface area contributed by atoms with Crippen LogP contribution in [0.15, 0.2) is 30.6 Å². The van der Waals surface area contributed by atoms with Crippen LogP contribution in [0.4, 0.5) is 0 Å². The van der Waals surface area contributed by atoms with Gasteiger partial charge in [0.2, 0.25) is 0 Å². The average molecular weight is 306 g/mol. The molecule has 18 heavy (non-hydrogen) atoms. The number of carbonyl (C=O) groups is 1. The molecule has 0 N–H and O–H groups in total. The van der Waals surface area contributed by atoms with Crippen molar-refractivity contribution in [1.82, 2.24) is 14.9 Å². The second-order valence-corrected chi connectivity index (χ2v) is 5.69. The predicted molar refractivity (Wildman–Crippen MR) is 72.8 cm³/mol. The summed E-state index contributed by atoms with van der Waals surface area (Å²) in [6.07, 6.45) is 4.31. The quantitative estimate of drug-likeness (QED) is 0.759. The number of fused-ring (bicyclic) bond motifs is 1. The van der Waals surface area contributed by atoms with Crippen LogP contribution in [0.3, 0.4) is 0 Å². The van der Waals surface area contributed by atoms with E-state index in [2.05, 4.69) is 25.9 Å². The number of nitrogens with zero attached hydrogens (tertiary/aromatic N) is 3. The van der Waals surface area contributed by atoms with Crippen molar-refractivity contribution in [2.45, 2.75) is 11.2 Å². The summed E-state index contributed by atoms with van der Waals surface area (Å²) in [5, 5.41) is 0. The number of amides is 1. The van der Waals surface area contributed by atoms with Gasteiger partial charge in [0, 0.05) is 35.9 Å². The SMILES string of the molecule is O=C(c1ccc2nccnc2c1)N1CCC(Br)C1. The molecular formula is C13H12BrN3O. The molecule has 3 rings (SSSR count). The lowest BCUT2D eigenvalue weighted by molar-refractivity contribution is 0.0793. The van der Waals surface area contributed by atoms with Crippen molar-refractivity contribution in [1.29, 1.82) is 0 Å². The highest BCUT2D eigenvalue weighted by molar-refractivity contribution is 9.09. The first kappa shape index (κ1) is 11.6. The van der Waals surface area contributed by atoms with Gasteiger partial charge in [0.15, 0.2) is 0 Å². The number of alkyl halides is 1. The maximum absolute atomic E-state index is 12.3. The lowest BCUT2D eigenvalue weighted by Gasteiger charge is -2.15. The molecule has 0 radical (unpaired) electrons. The summed E-state index contributed by atoms with van der Waals surface area (Å²) in [6.45, 7) is 1.59. The van der Waals surface area contributed by atoms with Crippen molar-refractivity contribution in [3.63, 3.8) is 0 Å². The molecule has 0 saturated carbocycles. The molecule has 2 aromatic rings.